The maximum absolute atomic E-state index is 12.3. The topological polar surface area (TPSA) is 3.24 Å². The molecule has 1 rings (SSSR count). The van der Waals surface area contributed by atoms with Crippen molar-refractivity contribution >= 4 is 18.6 Å². The molecule has 0 radical (unpaired) electrons. The van der Waals surface area contributed by atoms with E-state index in [-0.39, 0.29) is 6.54 Å². The lowest BCUT2D eigenvalue weighted by molar-refractivity contribution is 0.350. The van der Waals surface area contributed by atoms with E-state index in [1.165, 1.54) is 0 Å². The Morgan fingerprint density at radius 3 is 2.29 bits per heavy atom. The molecular weight excluding hydrogens is 249 g/mol. The molecule has 0 aliphatic heterocycles. The number of benzene rings is 1. The predicted molar refractivity (Wildman–Crippen MR) is 66.0 cm³/mol. The molecule has 0 N–H and O–H groups in total. The number of rotatable bonds is 5. The molecule has 0 fully saturated rings. The highest BCUT2D eigenvalue weighted by atomic mass is 35.5. The number of likely N-dealkylation sites (N-methyl/N-ethyl adjacent to an activating group) is 1. The maximum atomic E-state index is 12.3. The van der Waals surface area contributed by atoms with Gasteiger partial charge in [-0.15, -0.1) is 12.1 Å². The van der Waals surface area contributed by atoms with Crippen molar-refractivity contribution in [2.24, 2.45) is 0 Å². The average molecular weight is 262 g/mol. The van der Waals surface area contributed by atoms with Gasteiger partial charge in [-0.2, -0.15) is 0 Å². The van der Waals surface area contributed by atoms with Gasteiger partial charge in [0.25, 0.3) is 0 Å². The van der Waals surface area contributed by atoms with Gasteiger partial charge in [0, 0.05) is 11.6 Å². The number of hydrogen-bond acceptors (Lipinski definition) is 1. The summed E-state index contributed by atoms with van der Waals surface area (Å²) in [5.41, 5.74) is 0.237. The lowest BCUT2D eigenvalue weighted by Gasteiger charge is -2.24. The van der Waals surface area contributed by atoms with Gasteiger partial charge in [0.15, 0.2) is 0 Å². The zero-order valence-electron chi connectivity index (χ0n) is 9.47. The lowest BCUT2D eigenvalue weighted by Crippen LogP contribution is -2.29. The monoisotopic (exact) mass is 262 g/mol. The Labute approximate surface area is 104 Å². The van der Waals surface area contributed by atoms with E-state index in [0.29, 0.717) is 11.6 Å². The van der Waals surface area contributed by atoms with Crippen molar-refractivity contribution in [2.75, 3.05) is 13.6 Å². The van der Waals surface area contributed by atoms with Crippen molar-refractivity contribution in [2.45, 2.75) is 6.54 Å². The molecule has 0 aliphatic carbocycles. The van der Waals surface area contributed by atoms with Gasteiger partial charge in [0.05, 0.1) is 0 Å². The smallest absolute Gasteiger partial charge is 0.445 e. The van der Waals surface area contributed by atoms with Gasteiger partial charge in [-0.1, -0.05) is 23.7 Å². The zero-order chi connectivity index (χ0) is 13.1. The van der Waals surface area contributed by atoms with E-state index in [0.717, 1.165) is 5.56 Å². The Bertz CT molecular complexity index is 389. The summed E-state index contributed by atoms with van der Waals surface area (Å²) in [6.07, 6.45) is 0. The van der Waals surface area contributed by atoms with E-state index in [4.69, 9.17) is 11.6 Å². The Kier molecular flexibility index (Phi) is 4.66. The summed E-state index contributed by atoms with van der Waals surface area (Å²) < 4.78 is 37.0. The molecule has 0 amide bonds. The molecule has 0 aliphatic rings. The second-order valence-corrected chi connectivity index (χ2v) is 4.47. The van der Waals surface area contributed by atoms with Crippen LogP contribution in [0, 0.1) is 0 Å². The molecule has 94 valence electrons. The van der Waals surface area contributed by atoms with E-state index >= 15 is 0 Å². The van der Waals surface area contributed by atoms with Gasteiger partial charge >= 0.3 is 6.98 Å². The summed E-state index contributed by atoms with van der Waals surface area (Å²) in [5.74, 6) is 0. The first-order chi connectivity index (χ1) is 7.79. The molecule has 0 unspecified atom stereocenters. The van der Waals surface area contributed by atoms with Crippen molar-refractivity contribution in [1.29, 1.82) is 0 Å². The largest absolute Gasteiger partial charge is 0.506 e. The Morgan fingerprint density at radius 2 is 1.82 bits per heavy atom. The van der Waals surface area contributed by atoms with Gasteiger partial charge in [-0.05, 0) is 31.3 Å². The maximum Gasteiger partial charge on any atom is 0.506 e. The molecule has 0 spiro atoms. The normalized spacial score (nSPS) is 11.9. The van der Waals surface area contributed by atoms with E-state index < -0.39 is 12.4 Å². The van der Waals surface area contributed by atoms with E-state index in [2.05, 4.69) is 6.58 Å². The first-order valence-corrected chi connectivity index (χ1v) is 5.47. The molecule has 0 bridgehead atoms. The van der Waals surface area contributed by atoms with Crippen LogP contribution in [0.4, 0.5) is 12.9 Å². The first kappa shape index (κ1) is 14.1. The average Bonchev–Trinajstić information content (AvgIpc) is 2.20. The van der Waals surface area contributed by atoms with Crippen molar-refractivity contribution < 1.29 is 12.9 Å². The van der Waals surface area contributed by atoms with Crippen LogP contribution in [-0.2, 0) is 6.54 Å². The molecule has 1 aromatic rings. The molecule has 17 heavy (non-hydrogen) atoms. The van der Waals surface area contributed by atoms with Gasteiger partial charge in [0.1, 0.15) is 0 Å². The van der Waals surface area contributed by atoms with Gasteiger partial charge < -0.3 is 17.8 Å². The van der Waals surface area contributed by atoms with Crippen LogP contribution in [0.15, 0.2) is 36.3 Å². The third-order valence-electron chi connectivity index (χ3n) is 2.30. The van der Waals surface area contributed by atoms with Gasteiger partial charge in [-0.25, -0.2) is 0 Å². The number of nitrogens with zero attached hydrogens (tertiary/aromatic N) is 1. The van der Waals surface area contributed by atoms with Crippen molar-refractivity contribution in [1.82, 2.24) is 4.90 Å². The van der Waals surface area contributed by atoms with Crippen LogP contribution >= 0.6 is 11.6 Å². The van der Waals surface area contributed by atoms with Crippen LogP contribution in [0.1, 0.15) is 5.56 Å². The van der Waals surface area contributed by atoms with Gasteiger partial charge in [-0.3, -0.25) is 0 Å². The van der Waals surface area contributed by atoms with Crippen LogP contribution in [0.2, 0.25) is 5.02 Å². The van der Waals surface area contributed by atoms with Crippen LogP contribution < -0.4 is 0 Å². The van der Waals surface area contributed by atoms with Crippen LogP contribution in [0.3, 0.4) is 0 Å². The Balaban J connectivity index is 2.53. The van der Waals surface area contributed by atoms with E-state index in [1.807, 2.05) is 0 Å². The van der Waals surface area contributed by atoms with Crippen LogP contribution in [-0.4, -0.2) is 25.5 Å². The van der Waals surface area contributed by atoms with Crippen molar-refractivity contribution in [3.05, 3.63) is 46.9 Å². The summed E-state index contributed by atoms with van der Waals surface area (Å²) in [5, 5.41) is 0.611. The molecule has 0 aromatic heterocycles. The number of halogens is 4. The third kappa shape index (κ3) is 4.83. The van der Waals surface area contributed by atoms with Gasteiger partial charge in [0.2, 0.25) is 0 Å². The highest BCUT2D eigenvalue weighted by Gasteiger charge is 2.27. The minimum Gasteiger partial charge on any atom is -0.445 e. The molecule has 0 atom stereocenters. The summed E-state index contributed by atoms with van der Waals surface area (Å²) in [4.78, 5) is 1.57. The number of hydrogen-bond donors (Lipinski definition) is 0. The summed E-state index contributed by atoms with van der Waals surface area (Å²) in [7, 11) is 1.63. The third-order valence-corrected chi connectivity index (χ3v) is 2.55. The fourth-order valence-corrected chi connectivity index (χ4v) is 1.53. The fraction of sp³-hybridized carbons (Fsp3) is 0.273. The molecular formula is C11H13BClF3N-. The summed E-state index contributed by atoms with van der Waals surface area (Å²) in [6, 6.07) is 7.02. The second kappa shape index (κ2) is 5.60. The Morgan fingerprint density at radius 1 is 1.29 bits per heavy atom. The molecule has 0 saturated carbocycles. The highest BCUT2D eigenvalue weighted by molar-refractivity contribution is 6.66. The van der Waals surface area contributed by atoms with Crippen LogP contribution in [0.5, 0.6) is 0 Å². The minimum absolute atomic E-state index is 0.174. The van der Waals surface area contributed by atoms with E-state index in [9.17, 15) is 12.9 Å². The zero-order valence-corrected chi connectivity index (χ0v) is 10.2. The predicted octanol–water partition coefficient (Wildman–Crippen LogP) is 3.71. The second-order valence-electron chi connectivity index (χ2n) is 4.03. The molecule has 1 nitrogen and oxygen atoms in total. The Hall–Kier alpha value is -0.935. The van der Waals surface area contributed by atoms with Crippen molar-refractivity contribution in [3.63, 3.8) is 0 Å². The van der Waals surface area contributed by atoms with E-state index in [1.54, 1.807) is 36.2 Å². The quantitative estimate of drug-likeness (QED) is 0.731. The standard InChI is InChI=1S/C11H13BClF3N/c1-9(12(14,15)16)7-17(2)8-10-3-5-11(13)6-4-10/h3-6H,1,7-8H2,2H3/q-1. The molecule has 6 heteroatoms. The molecule has 0 saturated heterocycles. The highest BCUT2D eigenvalue weighted by Crippen LogP contribution is 2.19. The molecule has 1 aromatic carbocycles. The van der Waals surface area contributed by atoms with Crippen LogP contribution in [0.25, 0.3) is 0 Å². The first-order valence-electron chi connectivity index (χ1n) is 5.09. The lowest BCUT2D eigenvalue weighted by atomic mass is 9.80. The SMILES string of the molecule is C=C(CN(C)Cc1ccc(Cl)cc1)[B-](F)(F)F. The summed E-state index contributed by atoms with van der Waals surface area (Å²) in [6.45, 7) is -1.63. The fourth-order valence-electron chi connectivity index (χ4n) is 1.41. The van der Waals surface area contributed by atoms with Crippen molar-refractivity contribution in [3.8, 4) is 0 Å². The summed E-state index contributed by atoms with van der Waals surface area (Å²) >= 11 is 5.72. The molecule has 0 heterocycles. The minimum atomic E-state index is -4.95.